The summed E-state index contributed by atoms with van der Waals surface area (Å²) in [5.41, 5.74) is 0.934. The molecular weight excluding hydrogens is 338 g/mol. The number of nitrogens with zero attached hydrogens (tertiary/aromatic N) is 5. The zero-order valence-electron chi connectivity index (χ0n) is 14.4. The maximum atomic E-state index is 12.6. The van der Waals surface area contributed by atoms with E-state index in [9.17, 15) is 19.7 Å². The summed E-state index contributed by atoms with van der Waals surface area (Å²) in [4.78, 5) is 38.0. The molecule has 26 heavy (non-hydrogen) atoms. The molecule has 1 saturated heterocycles. The molecule has 1 aliphatic heterocycles. The molecule has 2 aromatic rings. The van der Waals surface area contributed by atoms with E-state index >= 15 is 0 Å². The first-order chi connectivity index (χ1) is 12.5. The van der Waals surface area contributed by atoms with Gasteiger partial charge in [0.25, 0.3) is 11.6 Å². The first-order valence-electron chi connectivity index (χ1n) is 8.37. The average Bonchev–Trinajstić information content (AvgIpc) is 3.17. The Labute approximate surface area is 150 Å². The standard InChI is InChI=1S/C17H19N5O4/c1-2-16(23)19-9-11-20(12-10-19)17(24)15-7-8-21(18-15)13-3-5-14(6-4-13)22(25)26/h3-8H,2,9-12H2,1H3. The van der Waals surface area contributed by atoms with Crippen LogP contribution in [0.1, 0.15) is 23.8 Å². The van der Waals surface area contributed by atoms with E-state index in [2.05, 4.69) is 5.10 Å². The van der Waals surface area contributed by atoms with Gasteiger partial charge in [-0.25, -0.2) is 4.68 Å². The molecule has 1 aliphatic rings. The largest absolute Gasteiger partial charge is 0.339 e. The minimum absolute atomic E-state index is 0.00305. The number of carbonyl (C=O) groups is 2. The molecule has 1 fully saturated rings. The Hall–Kier alpha value is -3.23. The number of carbonyl (C=O) groups excluding carboxylic acids is 2. The Morgan fingerprint density at radius 1 is 1.08 bits per heavy atom. The molecule has 9 nitrogen and oxygen atoms in total. The van der Waals surface area contributed by atoms with Gasteiger partial charge in [0.15, 0.2) is 5.69 Å². The SMILES string of the molecule is CCC(=O)N1CCN(C(=O)c2ccn(-c3ccc([N+](=O)[O-])cc3)n2)CC1. The van der Waals surface area contributed by atoms with E-state index in [-0.39, 0.29) is 17.5 Å². The number of piperazine rings is 1. The lowest BCUT2D eigenvalue weighted by Gasteiger charge is -2.34. The molecule has 136 valence electrons. The van der Waals surface area contributed by atoms with Crippen molar-refractivity contribution in [3.05, 3.63) is 52.3 Å². The minimum Gasteiger partial charge on any atom is -0.339 e. The molecule has 0 N–H and O–H groups in total. The molecular formula is C17H19N5O4. The molecule has 0 bridgehead atoms. The first-order valence-corrected chi connectivity index (χ1v) is 8.37. The summed E-state index contributed by atoms with van der Waals surface area (Å²) in [5.74, 6) is -0.0891. The van der Waals surface area contributed by atoms with Gasteiger partial charge in [-0.05, 0) is 18.2 Å². The lowest BCUT2D eigenvalue weighted by molar-refractivity contribution is -0.384. The Morgan fingerprint density at radius 2 is 1.69 bits per heavy atom. The summed E-state index contributed by atoms with van der Waals surface area (Å²) in [7, 11) is 0. The van der Waals surface area contributed by atoms with E-state index in [0.29, 0.717) is 44.0 Å². The van der Waals surface area contributed by atoms with Gasteiger partial charge >= 0.3 is 0 Å². The van der Waals surface area contributed by atoms with Crippen LogP contribution in [0, 0.1) is 10.1 Å². The van der Waals surface area contributed by atoms with Crippen molar-refractivity contribution in [3.63, 3.8) is 0 Å². The number of hydrogen-bond acceptors (Lipinski definition) is 5. The summed E-state index contributed by atoms with van der Waals surface area (Å²) >= 11 is 0. The van der Waals surface area contributed by atoms with Gasteiger partial charge in [-0.15, -0.1) is 0 Å². The van der Waals surface area contributed by atoms with Crippen molar-refractivity contribution in [2.75, 3.05) is 26.2 Å². The fraction of sp³-hybridized carbons (Fsp3) is 0.353. The van der Waals surface area contributed by atoms with Crippen molar-refractivity contribution in [2.24, 2.45) is 0 Å². The van der Waals surface area contributed by atoms with Crippen molar-refractivity contribution >= 4 is 17.5 Å². The molecule has 0 atom stereocenters. The number of nitro groups is 1. The van der Waals surface area contributed by atoms with Crippen LogP contribution in [-0.4, -0.2) is 62.5 Å². The second kappa shape index (κ2) is 7.34. The van der Waals surface area contributed by atoms with Crippen LogP contribution in [0.5, 0.6) is 0 Å². The van der Waals surface area contributed by atoms with Crippen LogP contribution in [0.15, 0.2) is 36.5 Å². The lowest BCUT2D eigenvalue weighted by Crippen LogP contribution is -2.50. The van der Waals surface area contributed by atoms with Gasteiger partial charge in [0.1, 0.15) is 0 Å². The maximum Gasteiger partial charge on any atom is 0.274 e. The third-order valence-corrected chi connectivity index (χ3v) is 4.36. The second-order valence-corrected chi connectivity index (χ2v) is 5.95. The van der Waals surface area contributed by atoms with Gasteiger partial charge in [0.05, 0.1) is 10.6 Å². The summed E-state index contributed by atoms with van der Waals surface area (Å²) in [6.45, 7) is 3.84. The van der Waals surface area contributed by atoms with Gasteiger partial charge in [-0.3, -0.25) is 19.7 Å². The number of hydrogen-bond donors (Lipinski definition) is 0. The van der Waals surface area contributed by atoms with Gasteiger partial charge < -0.3 is 9.80 Å². The van der Waals surface area contributed by atoms with Crippen LogP contribution in [0.4, 0.5) is 5.69 Å². The van der Waals surface area contributed by atoms with E-state index < -0.39 is 4.92 Å². The fourth-order valence-electron chi connectivity index (χ4n) is 2.85. The molecule has 0 aliphatic carbocycles. The smallest absolute Gasteiger partial charge is 0.274 e. The molecule has 1 aromatic heterocycles. The predicted octanol–water partition coefficient (Wildman–Crippen LogP) is 1.47. The minimum atomic E-state index is -0.468. The molecule has 0 spiro atoms. The highest BCUT2D eigenvalue weighted by Crippen LogP contribution is 2.16. The number of benzene rings is 1. The molecule has 2 heterocycles. The summed E-state index contributed by atoms with van der Waals surface area (Å²) in [5, 5.41) is 15.0. The van der Waals surface area contributed by atoms with Gasteiger partial charge in [0, 0.05) is 50.9 Å². The predicted molar refractivity (Wildman–Crippen MR) is 93.0 cm³/mol. The monoisotopic (exact) mass is 357 g/mol. The number of nitro benzene ring substituents is 1. The number of aromatic nitrogens is 2. The van der Waals surface area contributed by atoms with Gasteiger partial charge in [0.2, 0.25) is 5.91 Å². The molecule has 3 rings (SSSR count). The van der Waals surface area contributed by atoms with Crippen molar-refractivity contribution < 1.29 is 14.5 Å². The Balaban J connectivity index is 1.67. The first kappa shape index (κ1) is 17.6. The topological polar surface area (TPSA) is 102 Å². The van der Waals surface area contributed by atoms with Crippen LogP contribution < -0.4 is 0 Å². The summed E-state index contributed by atoms with van der Waals surface area (Å²) < 4.78 is 1.51. The van der Waals surface area contributed by atoms with Crippen LogP contribution in [0.2, 0.25) is 0 Å². The van der Waals surface area contributed by atoms with Crippen LogP contribution in [0.3, 0.4) is 0 Å². The number of non-ortho nitro benzene ring substituents is 1. The average molecular weight is 357 g/mol. The fourth-order valence-corrected chi connectivity index (χ4v) is 2.85. The van der Waals surface area contributed by atoms with Gasteiger partial charge in [-0.2, -0.15) is 5.10 Å². The quantitative estimate of drug-likeness (QED) is 0.609. The van der Waals surface area contributed by atoms with Crippen molar-refractivity contribution in [3.8, 4) is 5.69 Å². The highest BCUT2D eigenvalue weighted by atomic mass is 16.6. The van der Waals surface area contributed by atoms with E-state index in [1.165, 1.54) is 16.8 Å². The van der Waals surface area contributed by atoms with E-state index in [4.69, 9.17) is 0 Å². The summed E-state index contributed by atoms with van der Waals surface area (Å²) in [6, 6.07) is 7.56. The Kier molecular flexibility index (Phi) is 4.97. The number of amides is 2. The van der Waals surface area contributed by atoms with E-state index in [1.807, 2.05) is 6.92 Å². The van der Waals surface area contributed by atoms with Crippen molar-refractivity contribution in [2.45, 2.75) is 13.3 Å². The summed E-state index contributed by atoms with van der Waals surface area (Å²) in [6.07, 6.45) is 2.11. The third kappa shape index (κ3) is 3.56. The van der Waals surface area contributed by atoms with Crippen LogP contribution >= 0.6 is 0 Å². The van der Waals surface area contributed by atoms with E-state index in [0.717, 1.165) is 0 Å². The molecule has 0 unspecified atom stereocenters. The maximum absolute atomic E-state index is 12.6. The molecule has 0 radical (unpaired) electrons. The number of rotatable bonds is 4. The zero-order valence-corrected chi connectivity index (χ0v) is 14.4. The molecule has 1 aromatic carbocycles. The second-order valence-electron chi connectivity index (χ2n) is 5.95. The normalized spacial score (nSPS) is 14.3. The van der Waals surface area contributed by atoms with E-state index in [1.54, 1.807) is 34.2 Å². The Bertz CT molecular complexity index is 822. The third-order valence-electron chi connectivity index (χ3n) is 4.36. The molecule has 2 amide bonds. The molecule has 0 saturated carbocycles. The lowest BCUT2D eigenvalue weighted by atomic mass is 10.2. The highest BCUT2D eigenvalue weighted by molar-refractivity contribution is 5.92. The molecule has 9 heteroatoms. The van der Waals surface area contributed by atoms with Crippen molar-refractivity contribution in [1.82, 2.24) is 19.6 Å². The van der Waals surface area contributed by atoms with Crippen LogP contribution in [0.25, 0.3) is 5.69 Å². The van der Waals surface area contributed by atoms with Crippen LogP contribution in [-0.2, 0) is 4.79 Å². The Morgan fingerprint density at radius 3 is 2.27 bits per heavy atom. The van der Waals surface area contributed by atoms with Gasteiger partial charge in [-0.1, -0.05) is 6.92 Å². The van der Waals surface area contributed by atoms with Crippen molar-refractivity contribution in [1.29, 1.82) is 0 Å². The highest BCUT2D eigenvalue weighted by Gasteiger charge is 2.25. The zero-order chi connectivity index (χ0) is 18.7.